The van der Waals surface area contributed by atoms with Gasteiger partial charge in [0.15, 0.2) is 5.82 Å². The number of aliphatic hydroxyl groups is 1. The van der Waals surface area contributed by atoms with E-state index < -0.39 is 0 Å². The fourth-order valence-corrected chi connectivity index (χ4v) is 5.31. The summed E-state index contributed by atoms with van der Waals surface area (Å²) in [6.45, 7) is 13.5. The van der Waals surface area contributed by atoms with Crippen LogP contribution in [0.2, 0.25) is 0 Å². The first kappa shape index (κ1) is 33.5. The van der Waals surface area contributed by atoms with Gasteiger partial charge in [0.2, 0.25) is 0 Å². The van der Waals surface area contributed by atoms with Crippen molar-refractivity contribution < 1.29 is 14.5 Å². The minimum absolute atomic E-state index is 0.0571. The Hall–Kier alpha value is -4.36. The molecule has 5 aromatic rings. The van der Waals surface area contributed by atoms with E-state index in [1.165, 1.54) is 24.1 Å². The van der Waals surface area contributed by atoms with Crippen LogP contribution in [0, 0.1) is 5.82 Å². The van der Waals surface area contributed by atoms with Crippen LogP contribution in [-0.2, 0) is 7.05 Å². The maximum absolute atomic E-state index is 13.6. The summed E-state index contributed by atoms with van der Waals surface area (Å²) in [6, 6.07) is 8.52. The monoisotopic (exact) mass is 633 g/mol. The molecule has 0 saturated carbocycles. The number of halogens is 1. The van der Waals surface area contributed by atoms with Crippen LogP contribution in [0.25, 0.3) is 16.6 Å². The number of nitrogens with one attached hydrogen (secondary N) is 1. The van der Waals surface area contributed by atoms with Gasteiger partial charge in [-0.25, -0.2) is 23.3 Å². The van der Waals surface area contributed by atoms with Crippen molar-refractivity contribution >= 4 is 34.9 Å². The topological polar surface area (TPSA) is 114 Å². The van der Waals surface area contributed by atoms with Crippen LogP contribution in [0.1, 0.15) is 45.7 Å². The van der Waals surface area contributed by atoms with Crippen LogP contribution in [-0.4, -0.2) is 78.2 Å². The molecule has 5 heterocycles. The number of hydrogen-bond donors (Lipinski definition) is 1. The maximum atomic E-state index is 13.6. The number of aromatic amines is 1. The van der Waals surface area contributed by atoms with E-state index in [2.05, 4.69) is 56.8 Å². The highest BCUT2D eigenvalue weighted by atomic mass is 32.2. The lowest BCUT2D eigenvalue weighted by atomic mass is 10.1. The minimum atomic E-state index is -0.274. The lowest BCUT2D eigenvalue weighted by Gasteiger charge is -2.32. The van der Waals surface area contributed by atoms with Crippen molar-refractivity contribution in [3.63, 3.8) is 0 Å². The van der Waals surface area contributed by atoms with Crippen LogP contribution < -0.4 is 14.8 Å². The van der Waals surface area contributed by atoms with Crippen molar-refractivity contribution in [3.05, 3.63) is 84.6 Å². The highest BCUT2D eigenvalue weighted by molar-refractivity contribution is 7.99. The summed E-state index contributed by atoms with van der Waals surface area (Å²) in [4.78, 5) is 17.3. The molecule has 1 fully saturated rings. The molecular weight excluding hydrogens is 591 g/mol. The van der Waals surface area contributed by atoms with Crippen molar-refractivity contribution in [3.8, 4) is 11.1 Å². The van der Waals surface area contributed by atoms with Gasteiger partial charge in [0, 0.05) is 48.0 Å². The lowest BCUT2D eigenvalue weighted by Crippen LogP contribution is -2.48. The van der Waals surface area contributed by atoms with Gasteiger partial charge in [-0.2, -0.15) is 10.2 Å². The maximum Gasteiger partial charge on any atom is 0.391 e. The van der Waals surface area contributed by atoms with Gasteiger partial charge in [-0.15, -0.1) is 0 Å². The first-order valence-corrected chi connectivity index (χ1v) is 15.7. The van der Waals surface area contributed by atoms with Crippen LogP contribution in [0.15, 0.2) is 72.0 Å². The van der Waals surface area contributed by atoms with Gasteiger partial charge in [-0.1, -0.05) is 18.8 Å². The van der Waals surface area contributed by atoms with E-state index in [1.807, 2.05) is 56.4 Å². The number of piperazine rings is 1. The Bertz CT molecular complexity index is 1690. The van der Waals surface area contributed by atoms with Gasteiger partial charge in [0.25, 0.3) is 0 Å². The smallest absolute Gasteiger partial charge is 0.391 e. The van der Waals surface area contributed by atoms with Crippen molar-refractivity contribution in [2.24, 2.45) is 11.4 Å². The van der Waals surface area contributed by atoms with E-state index >= 15 is 0 Å². The molecule has 0 atom stereocenters. The molecule has 0 spiro atoms. The van der Waals surface area contributed by atoms with Crippen LogP contribution in [0.5, 0.6) is 0 Å². The third-order valence-corrected chi connectivity index (χ3v) is 7.61. The summed E-state index contributed by atoms with van der Waals surface area (Å²) in [7, 11) is 2.91. The second-order valence-corrected chi connectivity index (χ2v) is 12.6. The number of aliphatic hydroxyl groups excluding tert-OH is 1. The Balaban J connectivity index is 0.00000111. The molecule has 13 heteroatoms. The zero-order chi connectivity index (χ0) is 32.6. The zero-order valence-electron chi connectivity index (χ0n) is 26.9. The van der Waals surface area contributed by atoms with Crippen LogP contribution >= 0.6 is 11.9 Å². The van der Waals surface area contributed by atoms with Crippen molar-refractivity contribution in [2.45, 2.75) is 39.4 Å². The SMILES string of the molecule is CC.CO.Cn1cc(-c2cc3c(N4CCN(c5ncc(/C(=N\SC(C)(C)C)c6ccc(F)cc6)c[nH+]5)CC4)ncnn3c2)cn1. The van der Waals surface area contributed by atoms with Gasteiger partial charge < -0.3 is 10.0 Å². The molecular formula is C32H42FN10OS+. The number of fused-ring (bicyclic) bond motifs is 1. The van der Waals surface area contributed by atoms with Crippen LogP contribution in [0.3, 0.4) is 0 Å². The summed E-state index contributed by atoms with van der Waals surface area (Å²) in [5.74, 6) is 1.44. The molecule has 6 rings (SSSR count). The Morgan fingerprint density at radius 2 is 1.60 bits per heavy atom. The fraction of sp³-hybridized carbons (Fsp3) is 0.375. The molecule has 1 aliphatic heterocycles. The largest absolute Gasteiger partial charge is 0.400 e. The third-order valence-electron chi connectivity index (χ3n) is 6.79. The Kier molecular flexibility index (Phi) is 11.2. The van der Waals surface area contributed by atoms with Crippen molar-refractivity contribution in [1.82, 2.24) is 29.4 Å². The summed E-state index contributed by atoms with van der Waals surface area (Å²) in [6.07, 6.45) is 11.2. The first-order valence-electron chi connectivity index (χ1n) is 14.9. The molecule has 0 radical (unpaired) electrons. The Labute approximate surface area is 268 Å². The molecule has 0 bridgehead atoms. The van der Waals surface area contributed by atoms with Gasteiger partial charge in [0.05, 0.1) is 49.8 Å². The number of aryl methyl sites for hydroxylation is 1. The number of anilines is 2. The molecule has 0 unspecified atom stereocenters. The van der Waals surface area contributed by atoms with Crippen molar-refractivity contribution in [1.29, 1.82) is 0 Å². The van der Waals surface area contributed by atoms with E-state index in [0.29, 0.717) is 0 Å². The second-order valence-electron chi connectivity index (χ2n) is 11.0. The number of rotatable bonds is 6. The Morgan fingerprint density at radius 1 is 0.911 bits per heavy atom. The van der Waals surface area contributed by atoms with E-state index in [-0.39, 0.29) is 10.6 Å². The third kappa shape index (κ3) is 8.22. The number of hydrogen-bond acceptors (Lipinski definition) is 9. The lowest BCUT2D eigenvalue weighted by molar-refractivity contribution is -0.368. The summed E-state index contributed by atoms with van der Waals surface area (Å²) in [5, 5.41) is 15.7. The highest BCUT2D eigenvalue weighted by Crippen LogP contribution is 2.28. The predicted octanol–water partition coefficient (Wildman–Crippen LogP) is 4.72. The van der Waals surface area contributed by atoms with E-state index in [1.54, 1.807) is 23.1 Å². The first-order chi connectivity index (χ1) is 21.7. The standard InChI is InChI=1S/C29H31FN10S.C2H6.CH4O/c1-29(2,3)41-36-26(20-5-7-24(30)8-6-20)22-14-31-28(32-15-22)39-11-9-38(10-12-39)27-25-13-21(18-40(25)35-19-33-27)23-16-34-37(4)17-23;2*1-2/h5-8,13-19H,9-12H2,1-4H3;1-2H3;2H,1H3/p+1/b36-26-;;. The molecule has 45 heavy (non-hydrogen) atoms. The van der Waals surface area contributed by atoms with E-state index in [0.717, 1.165) is 78.5 Å². The Morgan fingerprint density at radius 3 is 2.20 bits per heavy atom. The summed E-state index contributed by atoms with van der Waals surface area (Å²) >= 11 is 1.49. The van der Waals surface area contributed by atoms with Crippen LogP contribution in [0.4, 0.5) is 16.2 Å². The quantitative estimate of drug-likeness (QED) is 0.211. The fourth-order valence-electron chi connectivity index (χ4n) is 4.73. The molecule has 11 nitrogen and oxygen atoms in total. The molecule has 4 aromatic heterocycles. The number of benzene rings is 1. The van der Waals surface area contributed by atoms with Gasteiger partial charge in [-0.05, 0) is 63.1 Å². The average molecular weight is 634 g/mol. The predicted molar refractivity (Wildman–Crippen MR) is 179 cm³/mol. The van der Waals surface area contributed by atoms with E-state index in [9.17, 15) is 4.39 Å². The van der Waals surface area contributed by atoms with Gasteiger partial charge in [-0.3, -0.25) is 9.58 Å². The molecule has 2 N–H and O–H groups in total. The van der Waals surface area contributed by atoms with Gasteiger partial charge >= 0.3 is 5.95 Å². The molecule has 238 valence electrons. The summed E-state index contributed by atoms with van der Waals surface area (Å²) in [5.41, 5.74) is 5.51. The van der Waals surface area contributed by atoms with E-state index in [4.69, 9.17) is 14.5 Å². The second kappa shape index (κ2) is 15.1. The minimum Gasteiger partial charge on any atom is -0.400 e. The number of nitrogens with zero attached hydrogens (tertiary/aromatic N) is 9. The number of aromatic nitrogens is 7. The normalized spacial score (nSPS) is 13.7. The zero-order valence-corrected chi connectivity index (χ0v) is 27.8. The molecule has 1 aliphatic rings. The molecule has 0 aliphatic carbocycles. The highest BCUT2D eigenvalue weighted by Gasteiger charge is 2.27. The van der Waals surface area contributed by atoms with Crippen molar-refractivity contribution in [2.75, 3.05) is 43.1 Å². The molecule has 1 aromatic carbocycles. The summed E-state index contributed by atoms with van der Waals surface area (Å²) < 4.78 is 22.0. The van der Waals surface area contributed by atoms with Gasteiger partial charge in [0.1, 0.15) is 23.9 Å². The average Bonchev–Trinajstić information content (AvgIpc) is 3.70. The molecule has 0 amide bonds. The molecule has 1 saturated heterocycles. The number of H-pyrrole nitrogens is 1.